The number of nitrogens with zero attached hydrogens (tertiary/aromatic N) is 3. The predicted molar refractivity (Wildman–Crippen MR) is 192 cm³/mol. The molecule has 8 rings (SSSR count). The molecule has 2 bridgehead atoms. The molecule has 1 atom stereocenters. The van der Waals surface area contributed by atoms with Gasteiger partial charge in [-0.05, 0) is 36.8 Å². The van der Waals surface area contributed by atoms with Crippen LogP contribution in [0, 0.1) is 5.41 Å². The predicted octanol–water partition coefficient (Wildman–Crippen LogP) is 5.11. The van der Waals surface area contributed by atoms with Crippen LogP contribution in [-0.4, -0.2) is 65.3 Å². The third-order valence-corrected chi connectivity index (χ3v) is 9.39. The summed E-state index contributed by atoms with van der Waals surface area (Å²) in [6, 6.07) is 34.6. The number of aliphatic hydroxyl groups is 1. The lowest BCUT2D eigenvalue weighted by Crippen LogP contribution is -2.63. The number of hydrogen-bond acceptors (Lipinski definition) is 8. The number of hydrogen-bond donors (Lipinski definition) is 2. The molecule has 1 saturated heterocycles. The fourth-order valence-corrected chi connectivity index (χ4v) is 6.72. The Labute approximate surface area is 296 Å². The van der Waals surface area contributed by atoms with E-state index >= 15 is 0 Å². The third kappa shape index (κ3) is 6.55. The van der Waals surface area contributed by atoms with Crippen molar-refractivity contribution in [2.45, 2.75) is 25.5 Å². The highest BCUT2D eigenvalue weighted by atomic mass is 16.6. The van der Waals surface area contributed by atoms with Gasteiger partial charge in [0.1, 0.15) is 5.82 Å². The van der Waals surface area contributed by atoms with Crippen molar-refractivity contribution in [2.24, 2.45) is 5.41 Å². The van der Waals surface area contributed by atoms with Crippen molar-refractivity contribution in [1.29, 1.82) is 0 Å². The molecule has 2 amide bonds. The van der Waals surface area contributed by atoms with Crippen LogP contribution in [0.2, 0.25) is 0 Å². The van der Waals surface area contributed by atoms with E-state index in [1.165, 1.54) is 10.8 Å². The molecule has 262 valence electrons. The molecule has 4 heterocycles. The number of methoxy groups -OCH3 is 2. The summed E-state index contributed by atoms with van der Waals surface area (Å²) in [7, 11) is 3.30. The Balaban J connectivity index is 0.000000177. The third-order valence-electron chi connectivity index (χ3n) is 9.39. The van der Waals surface area contributed by atoms with Gasteiger partial charge in [0.05, 0.1) is 31.8 Å². The van der Waals surface area contributed by atoms with Gasteiger partial charge < -0.3 is 29.5 Å². The molecular weight excluding hydrogens is 648 g/mol. The average molecular weight is 689 g/mol. The summed E-state index contributed by atoms with van der Waals surface area (Å²) in [6.45, 7) is 2.85. The summed E-state index contributed by atoms with van der Waals surface area (Å²) in [5, 5.41) is 11.6. The second-order valence-electron chi connectivity index (χ2n) is 12.3. The first-order valence-corrected chi connectivity index (χ1v) is 16.7. The summed E-state index contributed by atoms with van der Waals surface area (Å²) >= 11 is 0. The summed E-state index contributed by atoms with van der Waals surface area (Å²) in [5.41, 5.74) is 1.61. The lowest BCUT2D eigenvalue weighted by molar-refractivity contribution is -0.163. The van der Waals surface area contributed by atoms with Crippen LogP contribution in [0.1, 0.15) is 40.4 Å². The normalized spacial score (nSPS) is 16.6. The molecule has 3 aliphatic heterocycles. The molecule has 1 unspecified atom stereocenters. The minimum Gasteiger partial charge on any atom is -0.492 e. The summed E-state index contributed by atoms with van der Waals surface area (Å²) in [5.74, 6) is 1.78. The van der Waals surface area contributed by atoms with Crippen molar-refractivity contribution >= 4 is 17.6 Å². The van der Waals surface area contributed by atoms with E-state index in [0.717, 1.165) is 16.7 Å². The highest BCUT2D eigenvalue weighted by Gasteiger charge is 2.50. The number of likely N-dealkylation sites (tertiary alicyclic amines) is 1. The SMILES string of the molecule is CCC1(Cn2ccc(NC(=O)c3ccccc3)nc2=O)CN(CCO)C1=O.COc1c2ccc(c1OC)C(c1ccccc1)(c1ccccc1)O2. The maximum absolute atomic E-state index is 12.4. The second-order valence-corrected chi connectivity index (χ2v) is 12.3. The Kier molecular flexibility index (Phi) is 10.2. The maximum Gasteiger partial charge on any atom is 0.349 e. The molecule has 0 spiro atoms. The first kappa shape index (κ1) is 34.9. The van der Waals surface area contributed by atoms with Gasteiger partial charge in [0.2, 0.25) is 11.7 Å². The highest BCUT2D eigenvalue weighted by Crippen LogP contribution is 2.56. The van der Waals surface area contributed by atoms with E-state index in [2.05, 4.69) is 40.6 Å². The van der Waals surface area contributed by atoms with Crippen molar-refractivity contribution in [3.63, 3.8) is 0 Å². The molecule has 3 aliphatic rings. The second kappa shape index (κ2) is 14.9. The molecule has 11 heteroatoms. The number of benzene rings is 4. The van der Waals surface area contributed by atoms with E-state index in [1.54, 1.807) is 49.5 Å². The maximum atomic E-state index is 12.4. The van der Waals surface area contributed by atoms with Crippen LogP contribution < -0.4 is 25.2 Å². The molecule has 0 saturated carbocycles. The summed E-state index contributed by atoms with van der Waals surface area (Å²) < 4.78 is 19.1. The van der Waals surface area contributed by atoms with Crippen LogP contribution >= 0.6 is 0 Å². The molecule has 0 radical (unpaired) electrons. The average Bonchev–Trinajstić information content (AvgIpc) is 3.19. The van der Waals surface area contributed by atoms with Gasteiger partial charge in [0.25, 0.3) is 5.91 Å². The number of β-amino-alcohol motifs (C(OH)–C–C–N with tert-alkyl or cyclic N) is 1. The van der Waals surface area contributed by atoms with Gasteiger partial charge in [-0.3, -0.25) is 14.2 Å². The molecule has 2 N–H and O–H groups in total. The number of anilines is 1. The van der Waals surface area contributed by atoms with Crippen molar-refractivity contribution in [3.05, 3.63) is 148 Å². The van der Waals surface area contributed by atoms with Gasteiger partial charge in [-0.1, -0.05) is 85.8 Å². The minimum absolute atomic E-state index is 0.0626. The quantitative estimate of drug-likeness (QED) is 0.183. The fraction of sp³-hybridized carbons (Fsp3) is 0.250. The number of aliphatic hydroxyl groups excluding tert-OH is 1. The number of rotatable bonds is 11. The molecule has 4 aromatic carbocycles. The van der Waals surface area contributed by atoms with E-state index in [9.17, 15) is 14.4 Å². The Morgan fingerprint density at radius 2 is 1.47 bits per heavy atom. The van der Waals surface area contributed by atoms with Gasteiger partial charge >= 0.3 is 5.69 Å². The van der Waals surface area contributed by atoms with Gasteiger partial charge in [-0.15, -0.1) is 0 Å². The van der Waals surface area contributed by atoms with Crippen molar-refractivity contribution < 1.29 is 28.9 Å². The zero-order valence-corrected chi connectivity index (χ0v) is 28.7. The van der Waals surface area contributed by atoms with Crippen LogP contribution in [0.25, 0.3) is 0 Å². The van der Waals surface area contributed by atoms with Crippen LogP contribution in [0.5, 0.6) is 17.2 Å². The molecule has 11 nitrogen and oxygen atoms in total. The number of β-lactam (4-membered cyclic amide) rings is 1. The van der Waals surface area contributed by atoms with E-state index in [0.29, 0.717) is 42.3 Å². The van der Waals surface area contributed by atoms with Crippen LogP contribution in [-0.2, 0) is 16.9 Å². The van der Waals surface area contributed by atoms with Gasteiger partial charge in [-0.2, -0.15) is 4.98 Å². The van der Waals surface area contributed by atoms with Crippen molar-refractivity contribution in [1.82, 2.24) is 14.5 Å². The number of nitrogens with one attached hydrogen (secondary N) is 1. The lowest BCUT2D eigenvalue weighted by Gasteiger charge is -2.48. The van der Waals surface area contributed by atoms with E-state index < -0.39 is 16.7 Å². The van der Waals surface area contributed by atoms with Crippen LogP contribution in [0.15, 0.2) is 120 Å². The minimum atomic E-state index is -0.736. The topological polar surface area (TPSA) is 132 Å². The van der Waals surface area contributed by atoms with Crippen molar-refractivity contribution in [3.8, 4) is 17.2 Å². The number of carbonyl (C=O) groups excluding carboxylic acids is 2. The summed E-state index contributed by atoms with van der Waals surface area (Å²) in [6.07, 6.45) is 2.13. The van der Waals surface area contributed by atoms with E-state index in [4.69, 9.17) is 19.3 Å². The van der Waals surface area contributed by atoms with Gasteiger partial charge in [0, 0.05) is 42.5 Å². The van der Waals surface area contributed by atoms with E-state index in [-0.39, 0.29) is 30.8 Å². The Morgan fingerprint density at radius 3 is 2.00 bits per heavy atom. The van der Waals surface area contributed by atoms with Gasteiger partial charge in [-0.25, -0.2) is 4.79 Å². The van der Waals surface area contributed by atoms with Crippen molar-refractivity contribution in [2.75, 3.05) is 39.2 Å². The Hall–Kier alpha value is -5.94. The fourth-order valence-electron chi connectivity index (χ4n) is 6.72. The Morgan fingerprint density at radius 1 is 0.863 bits per heavy atom. The van der Waals surface area contributed by atoms with Crippen LogP contribution in [0.4, 0.5) is 5.82 Å². The highest BCUT2D eigenvalue weighted by molar-refractivity contribution is 6.03. The smallest absolute Gasteiger partial charge is 0.349 e. The molecule has 51 heavy (non-hydrogen) atoms. The van der Waals surface area contributed by atoms with Crippen LogP contribution in [0.3, 0.4) is 0 Å². The monoisotopic (exact) mass is 688 g/mol. The first-order chi connectivity index (χ1) is 24.8. The molecule has 5 aromatic rings. The zero-order chi connectivity index (χ0) is 36.0. The lowest BCUT2D eigenvalue weighted by atomic mass is 9.76. The molecule has 0 aliphatic carbocycles. The number of ether oxygens (including phenoxy) is 3. The standard InChI is InChI=1S/C21H18O3.C19H22N4O4/c1-22-19-17-13-14-18(20(19)23-2)24-21(17,15-9-5-3-6-10-15)16-11-7-4-8-12-16;1-2-19(12-22(10-11-24)17(19)26)13-23-9-8-15(21-18(23)27)20-16(25)14-6-4-3-5-7-14/h3-14H,1-2H3;3-9,24H,2,10-13H2,1H3,(H,20,21,25,27). The molecule has 1 aromatic heterocycles. The number of fused-ring (bicyclic) bond motifs is 3. The van der Waals surface area contributed by atoms with Gasteiger partial charge in [0.15, 0.2) is 17.1 Å². The first-order valence-electron chi connectivity index (χ1n) is 16.7. The summed E-state index contributed by atoms with van der Waals surface area (Å²) in [4.78, 5) is 42.4. The number of aromatic nitrogens is 2. The molecule has 1 fully saturated rings. The number of carbonyl (C=O) groups is 2. The largest absolute Gasteiger partial charge is 0.492 e. The number of amides is 2. The molecular formula is C40H40N4O7. The van der Waals surface area contributed by atoms with E-state index in [1.807, 2.05) is 55.5 Å². The Bertz CT molecular complexity index is 2020. The zero-order valence-electron chi connectivity index (χ0n) is 28.7.